The Morgan fingerprint density at radius 2 is 2.19 bits per heavy atom. The number of alkyl halides is 1. The first-order valence-electron chi connectivity index (χ1n) is 7.75. The number of hydrogen-bond donors (Lipinski definition) is 0. The van der Waals surface area contributed by atoms with Gasteiger partial charge in [-0.1, -0.05) is 18.9 Å². The smallest absolute Gasteiger partial charge is 0.254 e. The van der Waals surface area contributed by atoms with Crippen molar-refractivity contribution in [3.05, 3.63) is 29.8 Å². The number of amides is 1. The fraction of sp³-hybridized carbons (Fsp3) is 0.588. The van der Waals surface area contributed by atoms with E-state index in [4.69, 9.17) is 16.3 Å². The molecule has 0 spiro atoms. The van der Waals surface area contributed by atoms with Gasteiger partial charge in [0.05, 0.1) is 6.10 Å². The van der Waals surface area contributed by atoms with Gasteiger partial charge in [-0.25, -0.2) is 0 Å². The molecule has 1 atom stereocenters. The summed E-state index contributed by atoms with van der Waals surface area (Å²) in [5.41, 5.74) is 0.685. The molecule has 1 aliphatic rings. The number of likely N-dealkylation sites (tertiary alicyclic amines) is 1. The van der Waals surface area contributed by atoms with Crippen molar-refractivity contribution in [2.24, 2.45) is 0 Å². The van der Waals surface area contributed by atoms with Gasteiger partial charge in [0.25, 0.3) is 5.91 Å². The Hall–Kier alpha value is -1.22. The van der Waals surface area contributed by atoms with Crippen LogP contribution in [-0.2, 0) is 0 Å². The van der Waals surface area contributed by atoms with Crippen molar-refractivity contribution in [1.82, 2.24) is 4.90 Å². The molecule has 1 heterocycles. The highest BCUT2D eigenvalue weighted by molar-refractivity contribution is 6.18. The standard InChI is InChI=1S/C17H24ClNO2/c1-13(2)21-16-9-6-7-14(11-16)17(20)19-10-5-3-4-8-15(19)12-18/h6-7,9,11,13,15H,3-5,8,10,12H2,1-2H3. The maximum atomic E-state index is 12.8. The first-order chi connectivity index (χ1) is 10.1. The molecule has 1 amide bonds. The van der Waals surface area contributed by atoms with Crippen LogP contribution in [0.3, 0.4) is 0 Å². The van der Waals surface area contributed by atoms with E-state index in [-0.39, 0.29) is 18.1 Å². The molecule has 116 valence electrons. The molecule has 1 aromatic carbocycles. The van der Waals surface area contributed by atoms with Gasteiger partial charge in [-0.3, -0.25) is 4.79 Å². The molecule has 0 bridgehead atoms. The van der Waals surface area contributed by atoms with Gasteiger partial charge in [-0.05, 0) is 44.9 Å². The van der Waals surface area contributed by atoms with Crippen molar-refractivity contribution in [3.8, 4) is 5.75 Å². The van der Waals surface area contributed by atoms with Crippen LogP contribution in [0.5, 0.6) is 5.75 Å². The SMILES string of the molecule is CC(C)Oc1cccc(C(=O)N2CCCCCC2CCl)c1. The molecule has 0 aliphatic carbocycles. The molecule has 1 unspecified atom stereocenters. The third-order valence-electron chi connectivity index (χ3n) is 3.77. The maximum Gasteiger partial charge on any atom is 0.254 e. The lowest BCUT2D eigenvalue weighted by Crippen LogP contribution is -2.41. The average molecular weight is 310 g/mol. The van der Waals surface area contributed by atoms with Gasteiger partial charge in [0.15, 0.2) is 0 Å². The molecular weight excluding hydrogens is 286 g/mol. The van der Waals surface area contributed by atoms with Gasteiger partial charge in [0.2, 0.25) is 0 Å². The summed E-state index contributed by atoms with van der Waals surface area (Å²) < 4.78 is 5.67. The fourth-order valence-corrected chi connectivity index (χ4v) is 3.07. The summed E-state index contributed by atoms with van der Waals surface area (Å²) in [5.74, 6) is 1.32. The minimum Gasteiger partial charge on any atom is -0.491 e. The minimum absolute atomic E-state index is 0.0664. The van der Waals surface area contributed by atoms with Crippen molar-refractivity contribution in [1.29, 1.82) is 0 Å². The number of carbonyl (C=O) groups excluding carboxylic acids is 1. The molecule has 1 fully saturated rings. The van der Waals surface area contributed by atoms with Crippen LogP contribution in [0, 0.1) is 0 Å². The van der Waals surface area contributed by atoms with Gasteiger partial charge in [-0.15, -0.1) is 11.6 Å². The Labute approximate surface area is 132 Å². The molecule has 21 heavy (non-hydrogen) atoms. The van der Waals surface area contributed by atoms with Gasteiger partial charge >= 0.3 is 0 Å². The van der Waals surface area contributed by atoms with Gasteiger partial charge in [-0.2, -0.15) is 0 Å². The van der Waals surface area contributed by atoms with Crippen molar-refractivity contribution in [3.63, 3.8) is 0 Å². The lowest BCUT2D eigenvalue weighted by molar-refractivity contribution is 0.0699. The Kier molecular flexibility index (Phi) is 5.92. The third kappa shape index (κ3) is 4.37. The number of hydrogen-bond acceptors (Lipinski definition) is 2. The summed E-state index contributed by atoms with van der Waals surface area (Å²) in [6.07, 6.45) is 4.48. The van der Waals surface area contributed by atoms with Crippen LogP contribution in [0.4, 0.5) is 0 Å². The number of halogens is 1. The molecule has 1 aliphatic heterocycles. The fourth-order valence-electron chi connectivity index (χ4n) is 2.75. The quantitative estimate of drug-likeness (QED) is 0.784. The van der Waals surface area contributed by atoms with E-state index in [9.17, 15) is 4.79 Å². The van der Waals surface area contributed by atoms with Crippen LogP contribution in [-0.4, -0.2) is 35.4 Å². The number of benzene rings is 1. The molecule has 4 heteroatoms. The van der Waals surface area contributed by atoms with Crippen LogP contribution in [0.2, 0.25) is 0 Å². The first-order valence-corrected chi connectivity index (χ1v) is 8.29. The summed E-state index contributed by atoms with van der Waals surface area (Å²) in [7, 11) is 0. The number of carbonyl (C=O) groups is 1. The maximum absolute atomic E-state index is 12.8. The van der Waals surface area contributed by atoms with Crippen LogP contribution in [0.15, 0.2) is 24.3 Å². The Morgan fingerprint density at radius 3 is 2.90 bits per heavy atom. The van der Waals surface area contributed by atoms with Crippen molar-refractivity contribution >= 4 is 17.5 Å². The zero-order valence-corrected chi connectivity index (χ0v) is 13.6. The summed E-state index contributed by atoms with van der Waals surface area (Å²) in [5, 5.41) is 0. The topological polar surface area (TPSA) is 29.5 Å². The molecular formula is C17H24ClNO2. The second kappa shape index (κ2) is 7.69. The van der Waals surface area contributed by atoms with Crippen LogP contribution < -0.4 is 4.74 Å². The summed E-state index contributed by atoms with van der Waals surface area (Å²) >= 11 is 6.06. The van der Waals surface area contributed by atoms with E-state index in [1.165, 1.54) is 6.42 Å². The number of nitrogens with zero attached hydrogens (tertiary/aromatic N) is 1. The van der Waals surface area contributed by atoms with E-state index in [1.54, 1.807) is 0 Å². The van der Waals surface area contributed by atoms with E-state index in [2.05, 4.69) is 0 Å². The zero-order valence-electron chi connectivity index (χ0n) is 12.8. The molecule has 1 aromatic rings. The molecule has 0 radical (unpaired) electrons. The molecule has 0 aromatic heterocycles. The number of rotatable bonds is 4. The lowest BCUT2D eigenvalue weighted by Gasteiger charge is -2.28. The van der Waals surface area contributed by atoms with Gasteiger partial charge in [0.1, 0.15) is 5.75 Å². The molecule has 2 rings (SSSR count). The van der Waals surface area contributed by atoms with Gasteiger partial charge in [0, 0.05) is 24.0 Å². The van der Waals surface area contributed by atoms with E-state index >= 15 is 0 Å². The van der Waals surface area contributed by atoms with E-state index < -0.39 is 0 Å². The average Bonchev–Trinajstić information content (AvgIpc) is 2.71. The first kappa shape index (κ1) is 16.2. The zero-order chi connectivity index (χ0) is 15.2. The van der Waals surface area contributed by atoms with Gasteiger partial charge < -0.3 is 9.64 Å². The minimum atomic E-state index is 0.0664. The van der Waals surface area contributed by atoms with Crippen molar-refractivity contribution in [2.75, 3.05) is 12.4 Å². The molecule has 3 nitrogen and oxygen atoms in total. The van der Waals surface area contributed by atoms with E-state index in [0.29, 0.717) is 11.4 Å². The molecule has 0 saturated carbocycles. The second-order valence-electron chi connectivity index (χ2n) is 5.85. The summed E-state index contributed by atoms with van der Waals surface area (Å²) in [6, 6.07) is 7.59. The molecule has 0 N–H and O–H groups in total. The summed E-state index contributed by atoms with van der Waals surface area (Å²) in [6.45, 7) is 4.76. The summed E-state index contributed by atoms with van der Waals surface area (Å²) in [4.78, 5) is 14.7. The monoisotopic (exact) mass is 309 g/mol. The molecule has 1 saturated heterocycles. The Morgan fingerprint density at radius 1 is 1.38 bits per heavy atom. The lowest BCUT2D eigenvalue weighted by atomic mass is 10.1. The highest BCUT2D eigenvalue weighted by Crippen LogP contribution is 2.22. The predicted octanol–water partition coefficient (Wildman–Crippen LogP) is 4.10. The third-order valence-corrected chi connectivity index (χ3v) is 4.13. The van der Waals surface area contributed by atoms with E-state index in [0.717, 1.165) is 31.6 Å². The van der Waals surface area contributed by atoms with Crippen LogP contribution >= 0.6 is 11.6 Å². The predicted molar refractivity (Wildman–Crippen MR) is 86.2 cm³/mol. The van der Waals surface area contributed by atoms with Crippen LogP contribution in [0.25, 0.3) is 0 Å². The normalized spacial score (nSPS) is 19.4. The second-order valence-corrected chi connectivity index (χ2v) is 6.16. The van der Waals surface area contributed by atoms with Crippen molar-refractivity contribution < 1.29 is 9.53 Å². The van der Waals surface area contributed by atoms with Crippen molar-refractivity contribution in [2.45, 2.75) is 51.7 Å². The Bertz CT molecular complexity index is 476. The van der Waals surface area contributed by atoms with Crippen LogP contribution in [0.1, 0.15) is 49.9 Å². The highest BCUT2D eigenvalue weighted by Gasteiger charge is 2.25. The largest absolute Gasteiger partial charge is 0.491 e. The van der Waals surface area contributed by atoms with E-state index in [1.807, 2.05) is 43.0 Å². The Balaban J connectivity index is 2.17. The number of ether oxygens (including phenoxy) is 1. The highest BCUT2D eigenvalue weighted by atomic mass is 35.5.